The molecule has 0 N–H and O–H groups in total. The Morgan fingerprint density at radius 1 is 1.43 bits per heavy atom. The molecule has 0 atom stereocenters. The second-order valence-electron chi connectivity index (χ2n) is 4.17. The molecule has 1 rings (SSSR count). The number of nitro benzene ring substituents is 1. The molecule has 4 nitrogen and oxygen atoms in total. The van der Waals surface area contributed by atoms with Crippen LogP contribution in [0.25, 0.3) is 6.08 Å². The quantitative estimate of drug-likeness (QED) is 0.518. The van der Waals surface area contributed by atoms with Crippen LogP contribution < -0.4 is 4.74 Å². The predicted molar refractivity (Wildman–Crippen MR) is 76.3 cm³/mol. The molecule has 1 aromatic rings. The Morgan fingerprint density at radius 2 is 2.10 bits per heavy atom. The molecule has 0 spiro atoms. The maximum atomic E-state index is 12.1. The monoisotopic (exact) mass is 367 g/mol. The number of halogens is 4. The van der Waals surface area contributed by atoms with Gasteiger partial charge in [-0.25, -0.2) is 0 Å². The summed E-state index contributed by atoms with van der Waals surface area (Å²) in [6.07, 6.45) is -2.72. The number of allylic oxidation sites excluding steroid dienone is 1. The maximum absolute atomic E-state index is 12.1. The van der Waals surface area contributed by atoms with E-state index in [0.717, 1.165) is 6.08 Å². The van der Waals surface area contributed by atoms with Gasteiger partial charge < -0.3 is 4.74 Å². The number of benzene rings is 1. The van der Waals surface area contributed by atoms with Crippen molar-refractivity contribution in [2.24, 2.45) is 0 Å². The molecule has 0 amide bonds. The number of rotatable bonds is 6. The SMILES string of the molecule is CCCOc1c(/C=C/CC(F)(F)F)cc(Br)cc1[N+](=O)[O-]. The average molecular weight is 368 g/mol. The van der Waals surface area contributed by atoms with E-state index in [4.69, 9.17) is 4.74 Å². The number of alkyl halides is 3. The largest absolute Gasteiger partial charge is 0.486 e. The van der Waals surface area contributed by atoms with Crippen molar-refractivity contribution in [3.63, 3.8) is 0 Å². The van der Waals surface area contributed by atoms with E-state index >= 15 is 0 Å². The lowest BCUT2D eigenvalue weighted by atomic mass is 10.1. The summed E-state index contributed by atoms with van der Waals surface area (Å²) >= 11 is 3.10. The summed E-state index contributed by atoms with van der Waals surface area (Å²) in [6.45, 7) is 2.06. The fourth-order valence-electron chi connectivity index (χ4n) is 1.54. The first-order valence-corrected chi connectivity index (χ1v) is 6.88. The van der Waals surface area contributed by atoms with Gasteiger partial charge in [-0.1, -0.05) is 35.0 Å². The molecule has 8 heteroatoms. The van der Waals surface area contributed by atoms with E-state index in [0.29, 0.717) is 10.9 Å². The molecule has 0 aromatic heterocycles. The Balaban J connectivity index is 3.18. The average Bonchev–Trinajstić information content (AvgIpc) is 2.35. The van der Waals surface area contributed by atoms with Crippen molar-refractivity contribution in [2.75, 3.05) is 6.61 Å². The van der Waals surface area contributed by atoms with E-state index in [1.165, 1.54) is 18.2 Å². The highest BCUT2D eigenvalue weighted by Crippen LogP contribution is 2.36. The molecule has 0 unspecified atom stereocenters. The van der Waals surface area contributed by atoms with Crippen molar-refractivity contribution in [2.45, 2.75) is 25.9 Å². The fraction of sp³-hybridized carbons (Fsp3) is 0.385. The van der Waals surface area contributed by atoms with Gasteiger partial charge in [-0.3, -0.25) is 10.1 Å². The first kappa shape index (κ1) is 17.5. The lowest BCUT2D eigenvalue weighted by molar-refractivity contribution is -0.386. The molecule has 0 saturated heterocycles. The first-order valence-electron chi connectivity index (χ1n) is 6.08. The molecular formula is C13H13BrF3NO3. The topological polar surface area (TPSA) is 52.4 Å². The number of hydrogen-bond acceptors (Lipinski definition) is 3. The van der Waals surface area contributed by atoms with Gasteiger partial charge >= 0.3 is 11.9 Å². The minimum absolute atomic E-state index is 0.0246. The highest BCUT2D eigenvalue weighted by atomic mass is 79.9. The molecule has 0 aliphatic heterocycles. The van der Waals surface area contributed by atoms with Gasteiger partial charge in [0.2, 0.25) is 5.75 Å². The van der Waals surface area contributed by atoms with Gasteiger partial charge in [0, 0.05) is 16.1 Å². The van der Waals surface area contributed by atoms with E-state index in [1.807, 2.05) is 6.92 Å². The van der Waals surface area contributed by atoms with Crippen LogP contribution in [0.5, 0.6) is 5.75 Å². The number of ether oxygens (including phenoxy) is 1. The van der Waals surface area contributed by atoms with Crippen molar-refractivity contribution in [3.05, 3.63) is 38.4 Å². The summed E-state index contributed by atoms with van der Waals surface area (Å²) < 4.78 is 42.2. The van der Waals surface area contributed by atoms with Gasteiger partial charge in [0.05, 0.1) is 18.0 Å². The fourth-order valence-corrected chi connectivity index (χ4v) is 2.00. The lowest BCUT2D eigenvalue weighted by Crippen LogP contribution is -2.04. The summed E-state index contributed by atoms with van der Waals surface area (Å²) in [5.74, 6) is -0.0246. The summed E-state index contributed by atoms with van der Waals surface area (Å²) in [5, 5.41) is 11.0. The third-order valence-electron chi connectivity index (χ3n) is 2.36. The van der Waals surface area contributed by atoms with Crippen LogP contribution in [0.15, 0.2) is 22.7 Å². The molecule has 0 saturated carbocycles. The van der Waals surface area contributed by atoms with Crippen molar-refractivity contribution in [1.29, 1.82) is 0 Å². The van der Waals surface area contributed by atoms with Crippen molar-refractivity contribution in [1.82, 2.24) is 0 Å². The zero-order valence-electron chi connectivity index (χ0n) is 11.1. The molecule has 0 radical (unpaired) electrons. The smallest absolute Gasteiger partial charge is 0.392 e. The van der Waals surface area contributed by atoms with Crippen molar-refractivity contribution in [3.8, 4) is 5.75 Å². The molecular weight excluding hydrogens is 355 g/mol. The molecule has 1 aromatic carbocycles. The standard InChI is InChI=1S/C13H13BrF3NO3/c1-2-6-21-12-9(4-3-5-13(15,16)17)7-10(14)8-11(12)18(19)20/h3-4,7-8H,2,5-6H2,1H3/b4-3+. The predicted octanol–water partition coefficient (Wildman–Crippen LogP) is 5.11. The summed E-state index contributed by atoms with van der Waals surface area (Å²) in [6, 6.07) is 2.73. The van der Waals surface area contributed by atoms with Gasteiger partial charge in [0.1, 0.15) is 0 Å². The Bertz CT molecular complexity index is 544. The molecule has 0 bridgehead atoms. The molecule has 116 valence electrons. The zero-order chi connectivity index (χ0) is 16.0. The first-order chi connectivity index (χ1) is 9.74. The molecule has 0 fully saturated rings. The molecule has 21 heavy (non-hydrogen) atoms. The van der Waals surface area contributed by atoms with Gasteiger partial charge in [-0.05, 0) is 12.5 Å². The van der Waals surface area contributed by atoms with Crippen molar-refractivity contribution >= 4 is 27.7 Å². The van der Waals surface area contributed by atoms with Gasteiger partial charge in [-0.15, -0.1) is 0 Å². The van der Waals surface area contributed by atoms with E-state index in [-0.39, 0.29) is 23.6 Å². The molecule has 0 heterocycles. The second-order valence-corrected chi connectivity index (χ2v) is 5.09. The highest BCUT2D eigenvalue weighted by Gasteiger charge is 2.25. The Morgan fingerprint density at radius 3 is 2.62 bits per heavy atom. The Kier molecular flexibility index (Phi) is 6.19. The van der Waals surface area contributed by atoms with Gasteiger partial charge in [0.15, 0.2) is 0 Å². The van der Waals surface area contributed by atoms with Crippen LogP contribution in [0.4, 0.5) is 18.9 Å². The van der Waals surface area contributed by atoms with Crippen LogP contribution in [-0.2, 0) is 0 Å². The van der Waals surface area contributed by atoms with E-state index in [2.05, 4.69) is 15.9 Å². The van der Waals surface area contributed by atoms with E-state index in [9.17, 15) is 23.3 Å². The van der Waals surface area contributed by atoms with Gasteiger partial charge in [-0.2, -0.15) is 13.2 Å². The Labute approximate surface area is 127 Å². The van der Waals surface area contributed by atoms with Gasteiger partial charge in [0.25, 0.3) is 0 Å². The Hall–Kier alpha value is -1.57. The maximum Gasteiger partial charge on any atom is 0.392 e. The summed E-state index contributed by atoms with van der Waals surface area (Å²) in [7, 11) is 0. The van der Waals surface area contributed by atoms with Crippen LogP contribution in [0.1, 0.15) is 25.3 Å². The van der Waals surface area contributed by atoms with Crippen LogP contribution in [-0.4, -0.2) is 17.7 Å². The highest BCUT2D eigenvalue weighted by molar-refractivity contribution is 9.10. The van der Waals surface area contributed by atoms with Crippen LogP contribution in [0.2, 0.25) is 0 Å². The second kappa shape index (κ2) is 7.44. The third-order valence-corrected chi connectivity index (χ3v) is 2.81. The van der Waals surface area contributed by atoms with Crippen LogP contribution >= 0.6 is 15.9 Å². The summed E-state index contributed by atoms with van der Waals surface area (Å²) in [4.78, 5) is 10.4. The third kappa shape index (κ3) is 5.74. The van der Waals surface area contributed by atoms with Crippen molar-refractivity contribution < 1.29 is 22.8 Å². The normalized spacial score (nSPS) is 11.9. The molecule has 0 aliphatic rings. The minimum Gasteiger partial charge on any atom is -0.486 e. The zero-order valence-corrected chi connectivity index (χ0v) is 12.7. The summed E-state index contributed by atoms with van der Waals surface area (Å²) in [5.41, 5.74) is -0.0572. The van der Waals surface area contributed by atoms with E-state index < -0.39 is 17.5 Å². The van der Waals surface area contributed by atoms with Crippen LogP contribution in [0.3, 0.4) is 0 Å². The number of nitro groups is 1. The van der Waals surface area contributed by atoms with E-state index in [1.54, 1.807) is 0 Å². The lowest BCUT2D eigenvalue weighted by Gasteiger charge is -2.10. The minimum atomic E-state index is -4.32. The van der Waals surface area contributed by atoms with Crippen LogP contribution in [0, 0.1) is 10.1 Å². The number of nitrogens with zero attached hydrogens (tertiary/aromatic N) is 1. The number of hydrogen-bond donors (Lipinski definition) is 0. The molecule has 0 aliphatic carbocycles.